The van der Waals surface area contributed by atoms with E-state index < -0.39 is 12.2 Å². The SMILES string of the molecule is O=C(OC(Cc1cc(Br)cc(Br)c1)C(=O)N1CCC(N2CCNCC2)CC1)N1CCC(N2CCc3ccccc3NC2=O)CC1. The number of piperazine rings is 1. The Morgan fingerprint density at radius 1 is 0.844 bits per heavy atom. The molecule has 45 heavy (non-hydrogen) atoms. The van der Waals surface area contributed by atoms with Crippen LogP contribution in [0.15, 0.2) is 51.4 Å². The number of piperidine rings is 2. The molecule has 3 fully saturated rings. The van der Waals surface area contributed by atoms with Crippen LogP contribution in [0.3, 0.4) is 0 Å². The lowest BCUT2D eigenvalue weighted by molar-refractivity contribution is -0.142. The van der Waals surface area contributed by atoms with Crippen LogP contribution in [0.5, 0.6) is 0 Å². The summed E-state index contributed by atoms with van der Waals surface area (Å²) in [6, 6.07) is 14.2. The maximum absolute atomic E-state index is 13.9. The number of rotatable bonds is 6. The number of carbonyl (C=O) groups excluding carboxylic acids is 3. The zero-order valence-electron chi connectivity index (χ0n) is 25.6. The summed E-state index contributed by atoms with van der Waals surface area (Å²) in [7, 11) is 0. The average Bonchev–Trinajstić information content (AvgIpc) is 3.22. The van der Waals surface area contributed by atoms with Gasteiger partial charge in [0.2, 0.25) is 0 Å². The molecule has 2 aromatic rings. The predicted molar refractivity (Wildman–Crippen MR) is 180 cm³/mol. The van der Waals surface area contributed by atoms with Gasteiger partial charge in [-0.2, -0.15) is 0 Å². The Morgan fingerprint density at radius 3 is 2.20 bits per heavy atom. The van der Waals surface area contributed by atoms with Crippen molar-refractivity contribution in [3.05, 3.63) is 62.5 Å². The molecule has 0 saturated carbocycles. The van der Waals surface area contributed by atoms with E-state index >= 15 is 0 Å². The van der Waals surface area contributed by atoms with Crippen molar-refractivity contribution in [1.29, 1.82) is 0 Å². The van der Waals surface area contributed by atoms with Crippen LogP contribution in [0.2, 0.25) is 0 Å². The molecule has 0 bridgehead atoms. The second-order valence-corrected chi connectivity index (χ2v) is 14.3. The molecular weight excluding hydrogens is 704 g/mol. The lowest BCUT2D eigenvalue weighted by atomic mass is 10.0. The van der Waals surface area contributed by atoms with Crippen LogP contribution in [0.25, 0.3) is 0 Å². The van der Waals surface area contributed by atoms with Gasteiger partial charge in [0, 0.05) is 92.0 Å². The number of hydrogen-bond acceptors (Lipinski definition) is 6. The maximum atomic E-state index is 13.9. The molecule has 0 aliphatic carbocycles. The molecule has 2 aromatic carbocycles. The average molecular weight is 747 g/mol. The molecule has 0 spiro atoms. The summed E-state index contributed by atoms with van der Waals surface area (Å²) in [6.07, 6.45) is 2.89. The monoisotopic (exact) mass is 744 g/mol. The number of para-hydroxylation sites is 1. The number of anilines is 1. The van der Waals surface area contributed by atoms with Crippen LogP contribution in [0, 0.1) is 0 Å². The van der Waals surface area contributed by atoms with Gasteiger partial charge in [-0.3, -0.25) is 9.69 Å². The third kappa shape index (κ3) is 8.01. The van der Waals surface area contributed by atoms with Gasteiger partial charge in [-0.25, -0.2) is 9.59 Å². The summed E-state index contributed by atoms with van der Waals surface area (Å²) in [5.41, 5.74) is 2.91. The largest absolute Gasteiger partial charge is 0.436 e. The minimum absolute atomic E-state index is 0.0387. The maximum Gasteiger partial charge on any atom is 0.410 e. The van der Waals surface area contributed by atoms with E-state index in [1.165, 1.54) is 0 Å². The highest BCUT2D eigenvalue weighted by Crippen LogP contribution is 2.27. The highest BCUT2D eigenvalue weighted by atomic mass is 79.9. The first-order valence-corrected chi connectivity index (χ1v) is 17.7. The Hall–Kier alpha value is -2.67. The van der Waals surface area contributed by atoms with E-state index in [0.717, 1.165) is 71.2 Å². The van der Waals surface area contributed by atoms with Gasteiger partial charge in [0.05, 0.1) is 0 Å². The normalized spacial score (nSPS) is 21.1. The van der Waals surface area contributed by atoms with Crippen molar-refractivity contribution < 1.29 is 19.1 Å². The summed E-state index contributed by atoms with van der Waals surface area (Å²) in [6.45, 7) is 7.02. The van der Waals surface area contributed by atoms with Crippen LogP contribution in [-0.4, -0.2) is 115 Å². The number of nitrogens with one attached hydrogen (secondary N) is 2. The fourth-order valence-corrected chi connectivity index (χ4v) is 8.51. The van der Waals surface area contributed by atoms with Crippen molar-refractivity contribution in [3.63, 3.8) is 0 Å². The van der Waals surface area contributed by atoms with E-state index in [9.17, 15) is 14.4 Å². The molecule has 0 radical (unpaired) electrons. The van der Waals surface area contributed by atoms with Crippen LogP contribution in [0.1, 0.15) is 36.8 Å². The molecule has 1 atom stereocenters. The number of fused-ring (bicyclic) bond motifs is 1. The highest BCUT2D eigenvalue weighted by molar-refractivity contribution is 9.11. The van der Waals surface area contributed by atoms with Crippen molar-refractivity contribution in [2.24, 2.45) is 0 Å². The Balaban J connectivity index is 1.07. The topological polar surface area (TPSA) is 97.5 Å². The summed E-state index contributed by atoms with van der Waals surface area (Å²) >= 11 is 7.09. The van der Waals surface area contributed by atoms with Gasteiger partial charge in [0.15, 0.2) is 6.10 Å². The summed E-state index contributed by atoms with van der Waals surface area (Å²) in [4.78, 5) is 48.5. The van der Waals surface area contributed by atoms with Crippen LogP contribution >= 0.6 is 31.9 Å². The molecule has 3 saturated heterocycles. The van der Waals surface area contributed by atoms with Gasteiger partial charge in [-0.1, -0.05) is 50.1 Å². The molecule has 4 aliphatic rings. The van der Waals surface area contributed by atoms with Crippen LogP contribution in [0.4, 0.5) is 15.3 Å². The second-order valence-electron chi connectivity index (χ2n) is 12.4. The fourth-order valence-electron chi connectivity index (χ4n) is 7.12. The van der Waals surface area contributed by atoms with Gasteiger partial charge < -0.3 is 30.1 Å². The number of halogens is 2. The predicted octanol–water partition coefficient (Wildman–Crippen LogP) is 4.71. The Kier molecular flexibility index (Phi) is 10.6. The van der Waals surface area contributed by atoms with Crippen molar-refractivity contribution in [3.8, 4) is 0 Å². The molecule has 1 unspecified atom stereocenters. The molecular formula is C33H42Br2N6O4. The summed E-state index contributed by atoms with van der Waals surface area (Å²) < 4.78 is 7.83. The molecule has 10 nitrogen and oxygen atoms in total. The van der Waals surface area contributed by atoms with E-state index in [4.69, 9.17) is 4.74 Å². The number of urea groups is 1. The second kappa shape index (κ2) is 14.8. The smallest absolute Gasteiger partial charge is 0.410 e. The van der Waals surface area contributed by atoms with E-state index in [0.29, 0.717) is 58.0 Å². The van der Waals surface area contributed by atoms with Crippen LogP contribution < -0.4 is 10.6 Å². The van der Waals surface area contributed by atoms with E-state index in [1.54, 1.807) is 4.90 Å². The number of ether oxygens (including phenoxy) is 1. The molecule has 6 rings (SSSR count). The van der Waals surface area contributed by atoms with Crippen molar-refractivity contribution in [2.45, 2.75) is 56.7 Å². The zero-order valence-corrected chi connectivity index (χ0v) is 28.7. The molecule has 4 aliphatic heterocycles. The first-order chi connectivity index (χ1) is 21.8. The number of carbonyl (C=O) groups is 3. The van der Waals surface area contributed by atoms with Gasteiger partial charge in [-0.15, -0.1) is 0 Å². The van der Waals surface area contributed by atoms with E-state index in [2.05, 4.69) is 53.5 Å². The zero-order chi connectivity index (χ0) is 31.3. The molecule has 12 heteroatoms. The number of benzene rings is 2. The standard InChI is InChI=1S/C33H42Br2N6O4/c34-25-19-23(20-26(35)22-25)21-30(31(42)39-12-6-27(7-13-39)38-17-10-36-11-18-38)45-33(44)40-14-8-28(9-15-40)41-16-5-24-3-1-2-4-29(24)37-32(41)43/h1-4,19-20,22,27-28,30,36H,5-18,21H2,(H,37,43). The fraction of sp³-hybridized carbons (Fsp3) is 0.545. The number of hydrogen-bond donors (Lipinski definition) is 2. The molecule has 2 N–H and O–H groups in total. The van der Waals surface area contributed by atoms with Gasteiger partial charge >= 0.3 is 12.1 Å². The molecule has 4 amide bonds. The van der Waals surface area contributed by atoms with Crippen molar-refractivity contribution >= 4 is 55.6 Å². The molecule has 242 valence electrons. The third-order valence-corrected chi connectivity index (χ3v) is 10.5. The molecule has 0 aromatic heterocycles. The highest BCUT2D eigenvalue weighted by Gasteiger charge is 2.36. The quantitative estimate of drug-likeness (QED) is 0.445. The molecule has 4 heterocycles. The van der Waals surface area contributed by atoms with Crippen molar-refractivity contribution in [1.82, 2.24) is 24.9 Å². The van der Waals surface area contributed by atoms with Gasteiger partial charge in [0.25, 0.3) is 5.91 Å². The lowest BCUT2D eigenvalue weighted by Gasteiger charge is -2.41. The van der Waals surface area contributed by atoms with Gasteiger partial charge in [0.1, 0.15) is 0 Å². The van der Waals surface area contributed by atoms with Crippen molar-refractivity contribution in [2.75, 3.05) is 64.2 Å². The summed E-state index contributed by atoms with van der Waals surface area (Å²) in [5, 5.41) is 6.47. The lowest BCUT2D eigenvalue weighted by Crippen LogP contribution is -2.54. The van der Waals surface area contributed by atoms with E-state index in [-0.39, 0.29) is 18.0 Å². The number of amides is 4. The summed E-state index contributed by atoms with van der Waals surface area (Å²) in [5.74, 6) is -0.131. The first kappa shape index (κ1) is 32.3. The van der Waals surface area contributed by atoms with E-state index in [1.807, 2.05) is 46.2 Å². The Bertz CT molecular complexity index is 1350. The van der Waals surface area contributed by atoms with Crippen LogP contribution in [-0.2, 0) is 22.4 Å². The third-order valence-electron chi connectivity index (χ3n) is 9.61. The minimum atomic E-state index is -0.915. The minimum Gasteiger partial charge on any atom is -0.436 e. The Morgan fingerprint density at radius 2 is 1.49 bits per heavy atom. The van der Waals surface area contributed by atoms with Gasteiger partial charge in [-0.05, 0) is 67.5 Å². The first-order valence-electron chi connectivity index (χ1n) is 16.1. The Labute approximate surface area is 282 Å². The number of likely N-dealkylation sites (tertiary alicyclic amines) is 2. The number of nitrogens with zero attached hydrogens (tertiary/aromatic N) is 4.